The Morgan fingerprint density at radius 2 is 1.93 bits per heavy atom. The Morgan fingerprint density at radius 3 is 2.40 bits per heavy atom. The second-order valence-electron chi connectivity index (χ2n) is 5.39. The minimum atomic E-state index is -0.703. The van der Waals surface area contributed by atoms with Gasteiger partial charge in [0.05, 0.1) is 6.07 Å². The van der Waals surface area contributed by atoms with Crippen molar-refractivity contribution >= 4 is 5.91 Å². The van der Waals surface area contributed by atoms with Crippen LogP contribution in [0.5, 0.6) is 0 Å². The molecule has 82 valence electrons. The van der Waals surface area contributed by atoms with Crippen LogP contribution < -0.4 is 5.32 Å². The molecule has 2 rings (SSSR count). The maximum Gasteiger partial charge on any atom is 0.240 e. The van der Waals surface area contributed by atoms with Gasteiger partial charge in [0.1, 0.15) is 5.41 Å². The lowest BCUT2D eigenvalue weighted by atomic mass is 9.87. The molecule has 0 aromatic heterocycles. The quantitative estimate of drug-likeness (QED) is 0.767. The van der Waals surface area contributed by atoms with Crippen molar-refractivity contribution in [3.8, 4) is 6.07 Å². The number of carbonyl (C=O) groups is 1. The van der Waals surface area contributed by atoms with Crippen LogP contribution in [-0.2, 0) is 4.79 Å². The van der Waals surface area contributed by atoms with E-state index in [0.29, 0.717) is 5.41 Å². The zero-order valence-electron chi connectivity index (χ0n) is 9.31. The molecule has 15 heavy (non-hydrogen) atoms. The van der Waals surface area contributed by atoms with E-state index in [1.807, 2.05) is 0 Å². The first-order chi connectivity index (χ1) is 7.10. The van der Waals surface area contributed by atoms with Crippen molar-refractivity contribution in [2.75, 3.05) is 6.54 Å². The van der Waals surface area contributed by atoms with Gasteiger partial charge in [-0.25, -0.2) is 0 Å². The summed E-state index contributed by atoms with van der Waals surface area (Å²) in [5.74, 6) is -0.0318. The van der Waals surface area contributed by atoms with Gasteiger partial charge in [0.15, 0.2) is 0 Å². The summed E-state index contributed by atoms with van der Waals surface area (Å²) in [5.41, 5.74) is -0.379. The summed E-state index contributed by atoms with van der Waals surface area (Å²) >= 11 is 0. The summed E-state index contributed by atoms with van der Waals surface area (Å²) in [6.07, 6.45) is 5.91. The van der Waals surface area contributed by atoms with Gasteiger partial charge < -0.3 is 5.32 Å². The number of hydrogen-bond acceptors (Lipinski definition) is 2. The predicted molar refractivity (Wildman–Crippen MR) is 56.9 cm³/mol. The van der Waals surface area contributed by atoms with Crippen LogP contribution in [0.4, 0.5) is 0 Å². The summed E-state index contributed by atoms with van der Waals surface area (Å²) in [4.78, 5) is 11.9. The second kappa shape index (κ2) is 3.52. The molecular formula is C12H18N2O. The SMILES string of the molecule is CC1(CNC(=O)C2(C#N)CCCC2)CC1. The van der Waals surface area contributed by atoms with Gasteiger partial charge in [-0.05, 0) is 31.1 Å². The van der Waals surface area contributed by atoms with Crippen LogP contribution in [0.3, 0.4) is 0 Å². The molecule has 3 nitrogen and oxygen atoms in total. The lowest BCUT2D eigenvalue weighted by molar-refractivity contribution is -0.128. The monoisotopic (exact) mass is 206 g/mol. The number of rotatable bonds is 3. The van der Waals surface area contributed by atoms with Gasteiger partial charge in [0.2, 0.25) is 5.91 Å². The van der Waals surface area contributed by atoms with E-state index < -0.39 is 5.41 Å². The number of amides is 1. The number of nitrogens with zero attached hydrogens (tertiary/aromatic N) is 1. The van der Waals surface area contributed by atoms with Crippen molar-refractivity contribution in [1.29, 1.82) is 5.26 Å². The average Bonchev–Trinajstić information content (AvgIpc) is 2.81. The van der Waals surface area contributed by atoms with E-state index >= 15 is 0 Å². The van der Waals surface area contributed by atoms with E-state index in [9.17, 15) is 4.79 Å². The maximum absolute atomic E-state index is 11.9. The smallest absolute Gasteiger partial charge is 0.240 e. The molecule has 0 heterocycles. The van der Waals surface area contributed by atoms with Crippen molar-refractivity contribution in [1.82, 2.24) is 5.32 Å². The first-order valence-corrected chi connectivity index (χ1v) is 5.80. The average molecular weight is 206 g/mol. The predicted octanol–water partition coefficient (Wildman–Crippen LogP) is 1.99. The number of hydrogen-bond donors (Lipinski definition) is 1. The van der Waals surface area contributed by atoms with Crippen LogP contribution in [-0.4, -0.2) is 12.5 Å². The van der Waals surface area contributed by atoms with Gasteiger partial charge in [0, 0.05) is 6.54 Å². The van der Waals surface area contributed by atoms with Crippen LogP contribution in [0.2, 0.25) is 0 Å². The molecule has 0 saturated heterocycles. The largest absolute Gasteiger partial charge is 0.354 e. The Labute approximate surface area is 90.8 Å². The van der Waals surface area contributed by atoms with Crippen LogP contribution in [0.1, 0.15) is 45.4 Å². The molecule has 3 heteroatoms. The Hall–Kier alpha value is -1.04. The fourth-order valence-electron chi connectivity index (χ4n) is 2.22. The third-order valence-corrected chi connectivity index (χ3v) is 3.89. The summed E-state index contributed by atoms with van der Waals surface area (Å²) in [6, 6.07) is 2.22. The van der Waals surface area contributed by atoms with Gasteiger partial charge in [-0.15, -0.1) is 0 Å². The van der Waals surface area contributed by atoms with Gasteiger partial charge >= 0.3 is 0 Å². The minimum Gasteiger partial charge on any atom is -0.354 e. The second-order valence-corrected chi connectivity index (χ2v) is 5.39. The van der Waals surface area contributed by atoms with Crippen molar-refractivity contribution in [3.63, 3.8) is 0 Å². The van der Waals surface area contributed by atoms with E-state index in [-0.39, 0.29) is 5.91 Å². The molecule has 0 atom stereocenters. The normalized spacial score (nSPS) is 25.6. The summed E-state index contributed by atoms with van der Waals surface area (Å²) in [5, 5.41) is 12.1. The topological polar surface area (TPSA) is 52.9 Å². The van der Waals surface area contributed by atoms with Crippen molar-refractivity contribution in [2.24, 2.45) is 10.8 Å². The third-order valence-electron chi connectivity index (χ3n) is 3.89. The van der Waals surface area contributed by atoms with Crippen LogP contribution in [0.15, 0.2) is 0 Å². The van der Waals surface area contributed by atoms with E-state index in [4.69, 9.17) is 5.26 Å². The Bertz CT molecular complexity index is 306. The van der Waals surface area contributed by atoms with Crippen molar-refractivity contribution in [3.05, 3.63) is 0 Å². The zero-order chi connectivity index (χ0) is 10.9. The molecular weight excluding hydrogens is 188 g/mol. The molecule has 0 bridgehead atoms. The number of nitriles is 1. The summed E-state index contributed by atoms with van der Waals surface area (Å²) in [6.45, 7) is 2.93. The summed E-state index contributed by atoms with van der Waals surface area (Å²) < 4.78 is 0. The van der Waals surface area contributed by atoms with E-state index in [1.54, 1.807) is 0 Å². The lowest BCUT2D eigenvalue weighted by Crippen LogP contribution is -2.40. The van der Waals surface area contributed by atoms with Crippen molar-refractivity contribution < 1.29 is 4.79 Å². The first-order valence-electron chi connectivity index (χ1n) is 5.80. The molecule has 0 radical (unpaired) electrons. The highest BCUT2D eigenvalue weighted by Gasteiger charge is 2.43. The standard InChI is InChI=1S/C12H18N2O/c1-11(6-7-11)9-14-10(15)12(8-13)4-2-3-5-12/h2-7,9H2,1H3,(H,14,15). The zero-order valence-corrected chi connectivity index (χ0v) is 9.31. The highest BCUT2D eigenvalue weighted by atomic mass is 16.2. The molecule has 0 unspecified atom stereocenters. The van der Waals surface area contributed by atoms with E-state index in [0.717, 1.165) is 32.2 Å². The molecule has 2 aliphatic carbocycles. The van der Waals surface area contributed by atoms with E-state index in [2.05, 4.69) is 18.3 Å². The molecule has 0 aromatic rings. The molecule has 2 fully saturated rings. The van der Waals surface area contributed by atoms with Gasteiger partial charge in [-0.3, -0.25) is 4.79 Å². The Kier molecular flexibility index (Phi) is 2.46. The highest BCUT2D eigenvalue weighted by molar-refractivity contribution is 5.85. The summed E-state index contributed by atoms with van der Waals surface area (Å²) in [7, 11) is 0. The molecule has 0 aliphatic heterocycles. The molecule has 1 amide bonds. The maximum atomic E-state index is 11.9. The Balaban J connectivity index is 1.91. The lowest BCUT2D eigenvalue weighted by Gasteiger charge is -2.20. The van der Waals surface area contributed by atoms with Gasteiger partial charge in [-0.1, -0.05) is 19.8 Å². The molecule has 1 N–H and O–H groups in total. The highest BCUT2D eigenvalue weighted by Crippen LogP contribution is 2.44. The fourth-order valence-corrected chi connectivity index (χ4v) is 2.22. The van der Waals surface area contributed by atoms with Gasteiger partial charge in [0.25, 0.3) is 0 Å². The Morgan fingerprint density at radius 1 is 1.33 bits per heavy atom. The molecule has 2 saturated carbocycles. The van der Waals surface area contributed by atoms with Gasteiger partial charge in [-0.2, -0.15) is 5.26 Å². The molecule has 2 aliphatic rings. The minimum absolute atomic E-state index is 0.0318. The number of nitrogens with one attached hydrogen (secondary N) is 1. The van der Waals surface area contributed by atoms with Crippen LogP contribution in [0, 0.1) is 22.2 Å². The first kappa shape index (κ1) is 10.5. The van der Waals surface area contributed by atoms with Crippen LogP contribution in [0.25, 0.3) is 0 Å². The fraction of sp³-hybridized carbons (Fsp3) is 0.833. The van der Waals surface area contributed by atoms with E-state index in [1.165, 1.54) is 12.8 Å². The third kappa shape index (κ3) is 1.99. The van der Waals surface area contributed by atoms with Crippen molar-refractivity contribution in [2.45, 2.75) is 45.4 Å². The number of carbonyl (C=O) groups excluding carboxylic acids is 1. The molecule has 0 aromatic carbocycles. The molecule has 0 spiro atoms. The van der Waals surface area contributed by atoms with Crippen LogP contribution >= 0.6 is 0 Å².